The highest BCUT2D eigenvalue weighted by Gasteiger charge is 2.69. The maximum Gasteiger partial charge on any atom is 0.331 e. The van der Waals surface area contributed by atoms with Crippen LogP contribution in [0.3, 0.4) is 0 Å². The first kappa shape index (κ1) is 23.8. The van der Waals surface area contributed by atoms with Gasteiger partial charge in [0.2, 0.25) is 0 Å². The summed E-state index contributed by atoms with van der Waals surface area (Å²) >= 11 is 0. The van der Waals surface area contributed by atoms with Crippen molar-refractivity contribution in [3.63, 3.8) is 0 Å². The number of carbonyl (C=O) groups excluding carboxylic acids is 3. The molecule has 6 heteroatoms. The van der Waals surface area contributed by atoms with Gasteiger partial charge in [0.1, 0.15) is 12.2 Å². The monoisotopic (exact) mass is 469 g/mol. The number of ether oxygens (including phenoxy) is 2. The first-order valence-corrected chi connectivity index (χ1v) is 12.9. The summed E-state index contributed by atoms with van der Waals surface area (Å²) in [4.78, 5) is 38.3. The van der Waals surface area contributed by atoms with Crippen molar-refractivity contribution in [2.75, 3.05) is 13.1 Å². The van der Waals surface area contributed by atoms with Crippen LogP contribution in [0.25, 0.3) is 0 Å². The van der Waals surface area contributed by atoms with Crippen LogP contribution in [0.1, 0.15) is 67.2 Å². The minimum Gasteiger partial charge on any atom is -0.462 e. The van der Waals surface area contributed by atoms with Crippen LogP contribution in [0, 0.1) is 39.4 Å². The number of ketones is 1. The first-order chi connectivity index (χ1) is 15.8. The van der Waals surface area contributed by atoms with E-state index in [2.05, 4.69) is 32.2 Å². The molecule has 0 radical (unpaired) electrons. The highest BCUT2D eigenvalue weighted by molar-refractivity contribution is 5.96. The zero-order valence-corrected chi connectivity index (χ0v) is 21.4. The average Bonchev–Trinajstić information content (AvgIpc) is 3.28. The Morgan fingerprint density at radius 1 is 1.12 bits per heavy atom. The summed E-state index contributed by atoms with van der Waals surface area (Å²) in [7, 11) is 0. The number of hydrogen-bond donors (Lipinski definition) is 1. The summed E-state index contributed by atoms with van der Waals surface area (Å²) in [6.45, 7) is 14.0. The van der Waals surface area contributed by atoms with Crippen molar-refractivity contribution in [1.29, 1.82) is 0 Å². The van der Waals surface area contributed by atoms with E-state index in [1.165, 1.54) is 6.92 Å². The summed E-state index contributed by atoms with van der Waals surface area (Å²) in [5.41, 5.74) is -0.521. The molecule has 0 bridgehead atoms. The fourth-order valence-electron chi connectivity index (χ4n) is 8.88. The SMILES string of the molecule is CC(=O)O[C@@H]1CC2C(C)(C)C(=O)C=C[C@]2(C)C2CC[C@]3(C)C(=CC(=O)O[C@H]3C3CCNC3)[C@@]21C. The van der Waals surface area contributed by atoms with E-state index in [9.17, 15) is 14.4 Å². The Hall–Kier alpha value is -1.95. The minimum absolute atomic E-state index is 0.0512. The molecule has 0 spiro atoms. The lowest BCUT2D eigenvalue weighted by Gasteiger charge is -2.67. The maximum absolute atomic E-state index is 13.0. The van der Waals surface area contributed by atoms with Gasteiger partial charge in [-0.05, 0) is 61.1 Å². The molecule has 0 amide bonds. The van der Waals surface area contributed by atoms with Crippen LogP contribution in [-0.4, -0.2) is 43.0 Å². The second-order valence-corrected chi connectivity index (χ2v) is 12.6. The summed E-state index contributed by atoms with van der Waals surface area (Å²) in [6.07, 6.45) is 8.46. The molecule has 8 atom stereocenters. The van der Waals surface area contributed by atoms with Gasteiger partial charge in [0.05, 0.1) is 0 Å². The molecule has 0 aromatic carbocycles. The van der Waals surface area contributed by atoms with E-state index in [1.54, 1.807) is 12.2 Å². The molecule has 6 nitrogen and oxygen atoms in total. The number of fused-ring (bicyclic) bond motifs is 5. The van der Waals surface area contributed by atoms with Crippen LogP contribution in [0.2, 0.25) is 0 Å². The van der Waals surface area contributed by atoms with E-state index < -0.39 is 16.9 Å². The van der Waals surface area contributed by atoms with Gasteiger partial charge in [0.25, 0.3) is 0 Å². The fourth-order valence-corrected chi connectivity index (χ4v) is 8.88. The predicted octanol–water partition coefficient (Wildman–Crippen LogP) is 3.99. The van der Waals surface area contributed by atoms with Gasteiger partial charge < -0.3 is 14.8 Å². The van der Waals surface area contributed by atoms with Gasteiger partial charge in [-0.15, -0.1) is 0 Å². The van der Waals surface area contributed by atoms with Gasteiger partial charge >= 0.3 is 11.9 Å². The summed E-state index contributed by atoms with van der Waals surface area (Å²) in [6, 6.07) is 0. The Morgan fingerprint density at radius 2 is 1.85 bits per heavy atom. The second kappa shape index (κ2) is 7.52. The summed E-state index contributed by atoms with van der Waals surface area (Å²) in [5.74, 6) is 0.00862. The molecule has 3 aliphatic carbocycles. The Labute approximate surface area is 202 Å². The molecule has 1 N–H and O–H groups in total. The normalized spacial score (nSPS) is 47.1. The lowest BCUT2D eigenvalue weighted by Crippen LogP contribution is -2.66. The van der Waals surface area contributed by atoms with Crippen LogP contribution in [-0.2, 0) is 23.9 Å². The lowest BCUT2D eigenvalue weighted by molar-refractivity contribution is -0.197. The van der Waals surface area contributed by atoms with Crippen molar-refractivity contribution in [2.45, 2.75) is 79.4 Å². The maximum atomic E-state index is 13.0. The molecule has 2 saturated carbocycles. The molecule has 0 aromatic heterocycles. The molecular weight excluding hydrogens is 430 g/mol. The Kier molecular flexibility index (Phi) is 5.26. The van der Waals surface area contributed by atoms with E-state index in [4.69, 9.17) is 9.47 Å². The molecule has 5 aliphatic rings. The third-order valence-electron chi connectivity index (χ3n) is 10.6. The highest BCUT2D eigenvalue weighted by Crippen LogP contribution is 2.70. The Balaban J connectivity index is 1.67. The standard InChI is InChI=1S/C28H39NO5/c1-16(30)33-22-13-19-25(2,3)21(31)8-11-26(19,4)18-7-10-27(5)20(28(18,22)6)14-23(32)34-24(27)17-9-12-29-15-17/h8,11,14,17-19,22,24,29H,7,9-10,12-13,15H2,1-6H3/t17?,18?,19?,22-,24+,26-,27-,28-/m1/s1. The van der Waals surface area contributed by atoms with E-state index in [1.807, 2.05) is 13.8 Å². The van der Waals surface area contributed by atoms with Gasteiger partial charge in [0, 0.05) is 41.7 Å². The van der Waals surface area contributed by atoms with E-state index in [-0.39, 0.29) is 52.4 Å². The Bertz CT molecular complexity index is 991. The van der Waals surface area contributed by atoms with Gasteiger partial charge in [-0.1, -0.05) is 40.7 Å². The van der Waals surface area contributed by atoms with Crippen LogP contribution < -0.4 is 5.32 Å². The topological polar surface area (TPSA) is 81.7 Å². The number of allylic oxidation sites excluding steroid dienone is 2. The van der Waals surface area contributed by atoms with Crippen LogP contribution in [0.5, 0.6) is 0 Å². The van der Waals surface area contributed by atoms with Crippen molar-refractivity contribution in [2.24, 2.45) is 39.4 Å². The average molecular weight is 470 g/mol. The van der Waals surface area contributed by atoms with Crippen molar-refractivity contribution in [3.05, 3.63) is 23.8 Å². The summed E-state index contributed by atoms with van der Waals surface area (Å²) in [5, 5.41) is 3.43. The predicted molar refractivity (Wildman–Crippen MR) is 128 cm³/mol. The number of nitrogens with one attached hydrogen (secondary N) is 1. The van der Waals surface area contributed by atoms with Gasteiger partial charge in [-0.25, -0.2) is 4.79 Å². The van der Waals surface area contributed by atoms with E-state index in [0.717, 1.165) is 37.9 Å². The molecule has 2 heterocycles. The number of cyclic esters (lactones) is 1. The minimum atomic E-state index is -0.540. The van der Waals surface area contributed by atoms with Crippen molar-refractivity contribution < 1.29 is 23.9 Å². The third kappa shape index (κ3) is 3.06. The molecule has 34 heavy (non-hydrogen) atoms. The number of rotatable bonds is 2. The van der Waals surface area contributed by atoms with E-state index in [0.29, 0.717) is 6.42 Å². The van der Waals surface area contributed by atoms with Crippen LogP contribution >= 0.6 is 0 Å². The molecule has 1 saturated heterocycles. The lowest BCUT2D eigenvalue weighted by atomic mass is 9.38. The highest BCUT2D eigenvalue weighted by atomic mass is 16.5. The van der Waals surface area contributed by atoms with Crippen molar-refractivity contribution in [1.82, 2.24) is 5.32 Å². The fraction of sp³-hybridized carbons (Fsp3) is 0.750. The van der Waals surface area contributed by atoms with Crippen LogP contribution in [0.15, 0.2) is 23.8 Å². The van der Waals surface area contributed by atoms with Gasteiger partial charge in [0.15, 0.2) is 5.78 Å². The van der Waals surface area contributed by atoms with Gasteiger partial charge in [-0.3, -0.25) is 9.59 Å². The Morgan fingerprint density at radius 3 is 2.50 bits per heavy atom. The quantitative estimate of drug-likeness (QED) is 0.616. The first-order valence-electron chi connectivity index (χ1n) is 12.9. The molecule has 5 rings (SSSR count). The largest absolute Gasteiger partial charge is 0.462 e. The zero-order valence-electron chi connectivity index (χ0n) is 21.4. The molecule has 186 valence electrons. The number of carbonyl (C=O) groups is 3. The zero-order chi connectivity index (χ0) is 24.7. The van der Waals surface area contributed by atoms with Crippen molar-refractivity contribution in [3.8, 4) is 0 Å². The molecule has 0 aromatic rings. The number of hydrogen-bond acceptors (Lipinski definition) is 6. The number of esters is 2. The molecular formula is C28H39NO5. The molecule has 3 unspecified atom stereocenters. The van der Waals surface area contributed by atoms with Gasteiger partial charge in [-0.2, -0.15) is 0 Å². The van der Waals surface area contributed by atoms with Crippen molar-refractivity contribution >= 4 is 17.7 Å². The summed E-state index contributed by atoms with van der Waals surface area (Å²) < 4.78 is 12.1. The smallest absolute Gasteiger partial charge is 0.331 e. The van der Waals surface area contributed by atoms with E-state index >= 15 is 0 Å². The molecule has 3 fully saturated rings. The molecule has 2 aliphatic heterocycles. The van der Waals surface area contributed by atoms with Crippen LogP contribution in [0.4, 0.5) is 0 Å². The third-order valence-corrected chi connectivity index (χ3v) is 10.6. The second-order valence-electron chi connectivity index (χ2n) is 12.6.